The van der Waals surface area contributed by atoms with E-state index in [1.54, 1.807) is 0 Å². The molecular formula is C20H27FN4O4. The van der Waals surface area contributed by atoms with Gasteiger partial charge in [0.1, 0.15) is 11.9 Å². The van der Waals surface area contributed by atoms with Gasteiger partial charge >= 0.3 is 0 Å². The SMILES string of the molecule is O=CN(O)C[C@@H](CC1CCCC1)C(=O)N1NCC[C@H]1C(=O)Cc1ccncc1F. The first-order valence-electron chi connectivity index (χ1n) is 10.1. The number of carbonyl (C=O) groups is 3. The molecule has 2 heterocycles. The van der Waals surface area contributed by atoms with Gasteiger partial charge in [-0.15, -0.1) is 0 Å². The molecule has 3 rings (SSSR count). The molecule has 0 radical (unpaired) electrons. The minimum absolute atomic E-state index is 0.114. The second-order valence-electron chi connectivity index (χ2n) is 7.84. The van der Waals surface area contributed by atoms with Crippen molar-refractivity contribution in [1.29, 1.82) is 0 Å². The van der Waals surface area contributed by atoms with Gasteiger partial charge in [-0.1, -0.05) is 25.7 Å². The van der Waals surface area contributed by atoms with Crippen molar-refractivity contribution < 1.29 is 24.0 Å². The molecule has 9 heteroatoms. The Morgan fingerprint density at radius 2 is 2.14 bits per heavy atom. The van der Waals surface area contributed by atoms with Crippen LogP contribution >= 0.6 is 0 Å². The molecule has 2 fully saturated rings. The van der Waals surface area contributed by atoms with E-state index in [0.29, 0.717) is 30.4 Å². The maximum atomic E-state index is 13.9. The maximum Gasteiger partial charge on any atom is 0.242 e. The third kappa shape index (κ3) is 5.36. The molecule has 8 nitrogen and oxygen atoms in total. The zero-order chi connectivity index (χ0) is 20.8. The predicted molar refractivity (Wildman–Crippen MR) is 101 cm³/mol. The highest BCUT2D eigenvalue weighted by Gasteiger charge is 2.38. The van der Waals surface area contributed by atoms with Gasteiger partial charge < -0.3 is 0 Å². The molecule has 2 amide bonds. The van der Waals surface area contributed by atoms with Crippen molar-refractivity contribution >= 4 is 18.1 Å². The lowest BCUT2D eigenvalue weighted by atomic mass is 9.91. The van der Waals surface area contributed by atoms with E-state index >= 15 is 0 Å². The molecule has 0 aromatic carbocycles. The first-order valence-corrected chi connectivity index (χ1v) is 10.1. The number of hydrogen-bond donors (Lipinski definition) is 2. The summed E-state index contributed by atoms with van der Waals surface area (Å²) in [6, 6.07) is 0.753. The number of halogens is 1. The van der Waals surface area contributed by atoms with E-state index in [-0.39, 0.29) is 36.6 Å². The lowest BCUT2D eigenvalue weighted by Gasteiger charge is -2.30. The molecule has 1 saturated carbocycles. The van der Waals surface area contributed by atoms with Crippen LogP contribution in [0.15, 0.2) is 18.5 Å². The summed E-state index contributed by atoms with van der Waals surface area (Å²) in [5.41, 5.74) is 3.20. The molecule has 158 valence electrons. The van der Waals surface area contributed by atoms with Crippen molar-refractivity contribution in [2.24, 2.45) is 11.8 Å². The van der Waals surface area contributed by atoms with Crippen LogP contribution in [-0.2, 0) is 20.8 Å². The van der Waals surface area contributed by atoms with Crippen molar-refractivity contribution in [3.63, 3.8) is 0 Å². The third-order valence-electron chi connectivity index (χ3n) is 5.81. The van der Waals surface area contributed by atoms with Crippen molar-refractivity contribution in [1.82, 2.24) is 20.5 Å². The number of carbonyl (C=O) groups excluding carboxylic acids is 3. The summed E-state index contributed by atoms with van der Waals surface area (Å²) >= 11 is 0. The van der Waals surface area contributed by atoms with Gasteiger partial charge in [0.2, 0.25) is 12.3 Å². The number of nitrogens with one attached hydrogen (secondary N) is 1. The lowest BCUT2D eigenvalue weighted by molar-refractivity contribution is -0.159. The molecule has 1 aliphatic carbocycles. The molecule has 1 saturated heterocycles. The Bertz CT molecular complexity index is 741. The number of hydroxylamine groups is 2. The second kappa shape index (κ2) is 9.89. The smallest absolute Gasteiger partial charge is 0.242 e. The van der Waals surface area contributed by atoms with Crippen LogP contribution in [0.4, 0.5) is 4.39 Å². The molecule has 2 aliphatic rings. The van der Waals surface area contributed by atoms with E-state index in [1.807, 2.05) is 0 Å². The fourth-order valence-electron chi connectivity index (χ4n) is 4.32. The summed E-state index contributed by atoms with van der Waals surface area (Å²) in [6.45, 7) is 0.338. The summed E-state index contributed by atoms with van der Waals surface area (Å²) < 4.78 is 13.9. The summed E-state index contributed by atoms with van der Waals surface area (Å²) in [5.74, 6) is -1.36. The van der Waals surface area contributed by atoms with Gasteiger partial charge in [-0.25, -0.2) is 14.9 Å². The molecule has 0 bridgehead atoms. The zero-order valence-electron chi connectivity index (χ0n) is 16.3. The van der Waals surface area contributed by atoms with Gasteiger partial charge in [-0.05, 0) is 30.4 Å². The number of aromatic nitrogens is 1. The Morgan fingerprint density at radius 3 is 2.83 bits per heavy atom. The zero-order valence-corrected chi connectivity index (χ0v) is 16.3. The summed E-state index contributed by atoms with van der Waals surface area (Å²) in [5, 5.41) is 11.5. The van der Waals surface area contributed by atoms with Crippen molar-refractivity contribution in [3.05, 3.63) is 29.8 Å². The van der Waals surface area contributed by atoms with Gasteiger partial charge in [0, 0.05) is 19.2 Å². The summed E-state index contributed by atoms with van der Waals surface area (Å²) in [7, 11) is 0. The molecule has 0 spiro atoms. The Morgan fingerprint density at radius 1 is 1.38 bits per heavy atom. The van der Waals surface area contributed by atoms with Crippen molar-refractivity contribution in [3.8, 4) is 0 Å². The van der Waals surface area contributed by atoms with Gasteiger partial charge in [0.25, 0.3) is 0 Å². The number of hydrazine groups is 1. The highest BCUT2D eigenvalue weighted by molar-refractivity contribution is 5.91. The minimum atomic E-state index is -0.704. The first-order chi connectivity index (χ1) is 14.0. The molecule has 29 heavy (non-hydrogen) atoms. The van der Waals surface area contributed by atoms with Crippen LogP contribution in [0.3, 0.4) is 0 Å². The van der Waals surface area contributed by atoms with Crippen LogP contribution in [0.2, 0.25) is 0 Å². The number of hydrogen-bond acceptors (Lipinski definition) is 6. The van der Waals surface area contributed by atoms with Gasteiger partial charge in [0.05, 0.1) is 18.7 Å². The van der Waals surface area contributed by atoms with Crippen molar-refractivity contribution in [2.75, 3.05) is 13.1 Å². The number of amides is 2. The fourth-order valence-corrected chi connectivity index (χ4v) is 4.32. The highest BCUT2D eigenvalue weighted by Crippen LogP contribution is 2.31. The van der Waals surface area contributed by atoms with Crippen LogP contribution in [-0.4, -0.2) is 57.5 Å². The Balaban J connectivity index is 1.70. The molecular weight excluding hydrogens is 379 g/mol. The van der Waals surface area contributed by atoms with E-state index in [9.17, 15) is 24.0 Å². The minimum Gasteiger partial charge on any atom is -0.297 e. The first kappa shape index (κ1) is 21.3. The molecule has 0 unspecified atom stereocenters. The maximum absolute atomic E-state index is 13.9. The van der Waals surface area contributed by atoms with E-state index in [2.05, 4.69) is 10.4 Å². The average molecular weight is 406 g/mol. The summed E-state index contributed by atoms with van der Waals surface area (Å²) in [4.78, 5) is 40.5. The number of nitrogens with zero attached hydrogens (tertiary/aromatic N) is 3. The number of Topliss-reactive ketones (excluding diaryl/α,β-unsaturated/α-hetero) is 1. The Kier molecular flexibility index (Phi) is 7.27. The third-order valence-corrected chi connectivity index (χ3v) is 5.81. The molecule has 1 aromatic heterocycles. The molecule has 2 N–H and O–H groups in total. The molecule has 1 aliphatic heterocycles. The van der Waals surface area contributed by atoms with E-state index in [4.69, 9.17) is 0 Å². The van der Waals surface area contributed by atoms with Crippen LogP contribution in [0, 0.1) is 17.7 Å². The number of rotatable bonds is 9. The molecule has 1 aromatic rings. The predicted octanol–water partition coefficient (Wildman–Crippen LogP) is 1.48. The van der Waals surface area contributed by atoms with Gasteiger partial charge in [0.15, 0.2) is 5.78 Å². The van der Waals surface area contributed by atoms with Crippen LogP contribution in [0.5, 0.6) is 0 Å². The van der Waals surface area contributed by atoms with Gasteiger partial charge in [-0.3, -0.25) is 29.6 Å². The lowest BCUT2D eigenvalue weighted by Crippen LogP contribution is -2.51. The fraction of sp³-hybridized carbons (Fsp3) is 0.600. The summed E-state index contributed by atoms with van der Waals surface area (Å²) in [6.07, 6.45) is 7.90. The van der Waals surface area contributed by atoms with E-state index < -0.39 is 17.8 Å². The van der Waals surface area contributed by atoms with E-state index in [1.165, 1.54) is 17.3 Å². The standard InChI is InChI=1S/C20H27FN4O4/c21-17-11-22-7-5-15(17)10-19(27)18-6-8-23-25(18)20(28)16(12-24(29)13-26)9-14-3-1-2-4-14/h5,7,11,13-14,16,18,23,29H,1-4,6,8-10,12H2/t16-,18+/m1/s1. The van der Waals surface area contributed by atoms with Crippen LogP contribution in [0.25, 0.3) is 0 Å². The topological polar surface area (TPSA) is 103 Å². The van der Waals surface area contributed by atoms with Crippen LogP contribution in [0.1, 0.15) is 44.1 Å². The van der Waals surface area contributed by atoms with Gasteiger partial charge in [-0.2, -0.15) is 0 Å². The Hall–Kier alpha value is -2.39. The monoisotopic (exact) mass is 406 g/mol. The van der Waals surface area contributed by atoms with Crippen LogP contribution < -0.4 is 5.43 Å². The molecule has 2 atom stereocenters. The quantitative estimate of drug-likeness (QED) is 0.366. The van der Waals surface area contributed by atoms with Crippen molar-refractivity contribution in [2.45, 2.75) is 51.0 Å². The highest BCUT2D eigenvalue weighted by atomic mass is 19.1. The largest absolute Gasteiger partial charge is 0.297 e. The Labute approximate surface area is 169 Å². The second-order valence-corrected chi connectivity index (χ2v) is 7.84. The normalized spacial score (nSPS) is 20.6. The number of pyridine rings is 1. The number of ketones is 1. The average Bonchev–Trinajstić information content (AvgIpc) is 3.40. The van der Waals surface area contributed by atoms with E-state index in [0.717, 1.165) is 31.9 Å².